The summed E-state index contributed by atoms with van der Waals surface area (Å²) in [7, 11) is 0. The van der Waals surface area contributed by atoms with Crippen LogP contribution in [0, 0.1) is 5.92 Å². The van der Waals surface area contributed by atoms with Crippen LogP contribution in [0.2, 0.25) is 0 Å². The zero-order valence-electron chi connectivity index (χ0n) is 10.8. The molecule has 1 aliphatic rings. The van der Waals surface area contributed by atoms with E-state index >= 15 is 0 Å². The van der Waals surface area contributed by atoms with Crippen LogP contribution in [0.4, 0.5) is 0 Å². The van der Waals surface area contributed by atoms with Gasteiger partial charge in [-0.3, -0.25) is 4.79 Å². The third kappa shape index (κ3) is 3.23. The Morgan fingerprint density at radius 1 is 1.39 bits per heavy atom. The summed E-state index contributed by atoms with van der Waals surface area (Å²) in [6.45, 7) is 4.71. The quantitative estimate of drug-likeness (QED) is 0.856. The van der Waals surface area contributed by atoms with Gasteiger partial charge in [0.15, 0.2) is 0 Å². The summed E-state index contributed by atoms with van der Waals surface area (Å²) in [5.74, 6) is 1.54. The van der Waals surface area contributed by atoms with E-state index in [-0.39, 0.29) is 5.91 Å². The minimum Gasteiger partial charge on any atom is -0.492 e. The maximum atomic E-state index is 11.6. The lowest BCUT2D eigenvalue weighted by molar-refractivity contribution is -0.128. The summed E-state index contributed by atoms with van der Waals surface area (Å²) in [6, 6.07) is 7.74. The predicted molar refractivity (Wildman–Crippen MR) is 70.2 cm³/mol. The van der Waals surface area contributed by atoms with Crippen LogP contribution in [0.3, 0.4) is 0 Å². The second-order valence-electron chi connectivity index (χ2n) is 4.85. The van der Waals surface area contributed by atoms with Crippen LogP contribution < -0.4 is 10.5 Å². The molecule has 1 fully saturated rings. The van der Waals surface area contributed by atoms with Crippen LogP contribution in [0.1, 0.15) is 18.9 Å². The number of nitrogens with two attached hydrogens (primary N) is 1. The summed E-state index contributed by atoms with van der Waals surface area (Å²) in [5, 5.41) is 0. The minimum absolute atomic E-state index is 0.240. The number of rotatable bonds is 5. The van der Waals surface area contributed by atoms with Crippen molar-refractivity contribution in [3.05, 3.63) is 29.8 Å². The molecule has 0 saturated carbocycles. The van der Waals surface area contributed by atoms with Gasteiger partial charge in [0.25, 0.3) is 0 Å². The standard InChI is InChI=1S/C14H20N2O2/c1-11-8-14(17)16(10-11)6-7-18-13-4-2-12(9-15)3-5-13/h2-5,11H,6-10,15H2,1H3. The van der Waals surface area contributed by atoms with Crippen molar-refractivity contribution in [2.45, 2.75) is 19.9 Å². The molecule has 1 aromatic carbocycles. The predicted octanol–water partition coefficient (Wildman–Crippen LogP) is 1.39. The minimum atomic E-state index is 0.240. The first kappa shape index (κ1) is 12.9. The van der Waals surface area contributed by atoms with E-state index in [9.17, 15) is 4.79 Å². The molecule has 1 aliphatic heterocycles. The average Bonchev–Trinajstić information content (AvgIpc) is 2.69. The Balaban J connectivity index is 1.76. The van der Waals surface area contributed by atoms with Gasteiger partial charge in [0, 0.05) is 19.5 Å². The number of likely N-dealkylation sites (tertiary alicyclic amines) is 1. The van der Waals surface area contributed by atoms with Crippen molar-refractivity contribution in [3.63, 3.8) is 0 Å². The van der Waals surface area contributed by atoms with E-state index in [2.05, 4.69) is 6.92 Å². The number of amides is 1. The Kier molecular flexibility index (Phi) is 4.20. The Bertz CT molecular complexity index is 403. The fourth-order valence-corrected chi connectivity index (χ4v) is 2.18. The van der Waals surface area contributed by atoms with Crippen molar-refractivity contribution in [1.82, 2.24) is 4.90 Å². The Morgan fingerprint density at radius 3 is 2.67 bits per heavy atom. The SMILES string of the molecule is CC1CC(=O)N(CCOc2ccc(CN)cc2)C1. The number of hydrogen-bond acceptors (Lipinski definition) is 3. The smallest absolute Gasteiger partial charge is 0.223 e. The van der Waals surface area contributed by atoms with Gasteiger partial charge in [0.2, 0.25) is 5.91 Å². The number of ether oxygens (including phenoxy) is 1. The molecular weight excluding hydrogens is 228 g/mol. The molecule has 0 bridgehead atoms. The van der Waals surface area contributed by atoms with Crippen LogP contribution in [0.25, 0.3) is 0 Å². The lowest BCUT2D eigenvalue weighted by atomic mass is 10.2. The van der Waals surface area contributed by atoms with Crippen LogP contribution in [-0.4, -0.2) is 30.5 Å². The molecular formula is C14H20N2O2. The van der Waals surface area contributed by atoms with Gasteiger partial charge in [-0.2, -0.15) is 0 Å². The van der Waals surface area contributed by atoms with E-state index in [1.807, 2.05) is 29.2 Å². The van der Waals surface area contributed by atoms with Crippen molar-refractivity contribution in [2.75, 3.05) is 19.7 Å². The van der Waals surface area contributed by atoms with Gasteiger partial charge >= 0.3 is 0 Å². The van der Waals surface area contributed by atoms with Gasteiger partial charge in [0.1, 0.15) is 12.4 Å². The van der Waals surface area contributed by atoms with E-state index in [1.54, 1.807) is 0 Å². The number of hydrogen-bond donors (Lipinski definition) is 1. The number of benzene rings is 1. The molecule has 0 aliphatic carbocycles. The van der Waals surface area contributed by atoms with Gasteiger partial charge in [-0.25, -0.2) is 0 Å². The van der Waals surface area contributed by atoms with Crippen LogP contribution in [0.15, 0.2) is 24.3 Å². The van der Waals surface area contributed by atoms with Crippen molar-refractivity contribution >= 4 is 5.91 Å². The molecule has 98 valence electrons. The molecule has 4 nitrogen and oxygen atoms in total. The summed E-state index contributed by atoms with van der Waals surface area (Å²) in [4.78, 5) is 13.4. The molecule has 18 heavy (non-hydrogen) atoms. The van der Waals surface area contributed by atoms with Crippen molar-refractivity contribution in [3.8, 4) is 5.75 Å². The summed E-state index contributed by atoms with van der Waals surface area (Å²) >= 11 is 0. The first-order chi connectivity index (χ1) is 8.69. The molecule has 1 amide bonds. The highest BCUT2D eigenvalue weighted by Crippen LogP contribution is 2.17. The lowest BCUT2D eigenvalue weighted by Crippen LogP contribution is -2.29. The first-order valence-corrected chi connectivity index (χ1v) is 6.38. The van der Waals surface area contributed by atoms with Gasteiger partial charge in [-0.15, -0.1) is 0 Å². The van der Waals surface area contributed by atoms with E-state index in [0.717, 1.165) is 17.9 Å². The zero-order valence-corrected chi connectivity index (χ0v) is 10.8. The van der Waals surface area contributed by atoms with Crippen LogP contribution in [-0.2, 0) is 11.3 Å². The van der Waals surface area contributed by atoms with Crippen molar-refractivity contribution in [1.29, 1.82) is 0 Å². The van der Waals surface area contributed by atoms with E-state index < -0.39 is 0 Å². The monoisotopic (exact) mass is 248 g/mol. The molecule has 1 aromatic rings. The van der Waals surface area contributed by atoms with Crippen molar-refractivity contribution < 1.29 is 9.53 Å². The normalized spacial score (nSPS) is 19.3. The summed E-state index contributed by atoms with van der Waals surface area (Å²) in [5.41, 5.74) is 6.61. The molecule has 0 spiro atoms. The van der Waals surface area contributed by atoms with Crippen molar-refractivity contribution in [2.24, 2.45) is 11.7 Å². The number of carbonyl (C=O) groups excluding carboxylic acids is 1. The third-order valence-electron chi connectivity index (χ3n) is 3.20. The van der Waals surface area contributed by atoms with Gasteiger partial charge in [0.05, 0.1) is 6.54 Å². The average molecular weight is 248 g/mol. The van der Waals surface area contributed by atoms with E-state index in [4.69, 9.17) is 10.5 Å². The Morgan fingerprint density at radius 2 is 2.11 bits per heavy atom. The fraction of sp³-hybridized carbons (Fsp3) is 0.500. The molecule has 4 heteroatoms. The third-order valence-corrected chi connectivity index (χ3v) is 3.20. The fourth-order valence-electron chi connectivity index (χ4n) is 2.18. The lowest BCUT2D eigenvalue weighted by Gasteiger charge is -2.16. The molecule has 0 radical (unpaired) electrons. The second kappa shape index (κ2) is 5.87. The topological polar surface area (TPSA) is 55.6 Å². The second-order valence-corrected chi connectivity index (χ2v) is 4.85. The summed E-state index contributed by atoms with van der Waals surface area (Å²) in [6.07, 6.45) is 0.672. The number of nitrogens with zero attached hydrogens (tertiary/aromatic N) is 1. The van der Waals surface area contributed by atoms with Crippen LogP contribution in [0.5, 0.6) is 5.75 Å². The molecule has 2 rings (SSSR count). The highest BCUT2D eigenvalue weighted by atomic mass is 16.5. The van der Waals surface area contributed by atoms with Crippen LogP contribution >= 0.6 is 0 Å². The Labute approximate surface area is 108 Å². The Hall–Kier alpha value is -1.55. The molecule has 1 atom stereocenters. The highest BCUT2D eigenvalue weighted by Gasteiger charge is 2.25. The molecule has 1 heterocycles. The first-order valence-electron chi connectivity index (χ1n) is 6.38. The zero-order chi connectivity index (χ0) is 13.0. The van der Waals surface area contributed by atoms with Gasteiger partial charge in [-0.1, -0.05) is 19.1 Å². The maximum absolute atomic E-state index is 11.6. The van der Waals surface area contributed by atoms with E-state index in [0.29, 0.717) is 32.0 Å². The molecule has 1 unspecified atom stereocenters. The highest BCUT2D eigenvalue weighted by molar-refractivity contribution is 5.78. The molecule has 1 saturated heterocycles. The molecule has 2 N–H and O–H groups in total. The number of carbonyl (C=O) groups is 1. The maximum Gasteiger partial charge on any atom is 0.223 e. The largest absolute Gasteiger partial charge is 0.492 e. The molecule has 0 aromatic heterocycles. The summed E-state index contributed by atoms with van der Waals surface area (Å²) < 4.78 is 5.62. The van der Waals surface area contributed by atoms with Gasteiger partial charge < -0.3 is 15.4 Å². The van der Waals surface area contributed by atoms with E-state index in [1.165, 1.54) is 0 Å². The van der Waals surface area contributed by atoms with Gasteiger partial charge in [-0.05, 0) is 23.6 Å².